The number of ether oxygens (including phenoxy) is 4. The molecule has 1 unspecified atom stereocenters. The SMILES string of the molecule is CC(=O)Nc1nc2c(ncn2[C@H]2O[C@@]3(COC(C)=O)COCC2[C@H]3OCc2ccccc2)c(=O)[nH]1. The number of aromatic amines is 1. The van der Waals surface area contributed by atoms with Crippen LogP contribution in [0.5, 0.6) is 0 Å². The highest BCUT2D eigenvalue weighted by Gasteiger charge is 2.60. The second-order valence-electron chi connectivity index (χ2n) is 8.67. The molecule has 0 spiro atoms. The molecule has 4 atom stereocenters. The fourth-order valence-electron chi connectivity index (χ4n) is 4.61. The van der Waals surface area contributed by atoms with Gasteiger partial charge in [0.15, 0.2) is 16.8 Å². The number of carbonyl (C=O) groups is 2. The summed E-state index contributed by atoms with van der Waals surface area (Å²) in [5.74, 6) is -1.14. The summed E-state index contributed by atoms with van der Waals surface area (Å²) in [6.45, 7) is 3.38. The van der Waals surface area contributed by atoms with Crippen molar-refractivity contribution in [1.29, 1.82) is 0 Å². The number of imidazole rings is 1. The number of nitrogens with zero attached hydrogens (tertiary/aromatic N) is 3. The van der Waals surface area contributed by atoms with Crippen LogP contribution in [-0.2, 0) is 35.1 Å². The van der Waals surface area contributed by atoms with Gasteiger partial charge >= 0.3 is 5.97 Å². The highest BCUT2D eigenvalue weighted by atomic mass is 16.6. The van der Waals surface area contributed by atoms with Gasteiger partial charge in [0.1, 0.15) is 18.9 Å². The van der Waals surface area contributed by atoms with Crippen molar-refractivity contribution in [2.45, 2.75) is 38.4 Å². The molecular formula is C23H25N5O7. The molecule has 184 valence electrons. The molecule has 2 fully saturated rings. The molecule has 3 aromatic rings. The van der Waals surface area contributed by atoms with Gasteiger partial charge in [-0.25, -0.2) is 4.98 Å². The minimum Gasteiger partial charge on any atom is -0.463 e. The van der Waals surface area contributed by atoms with Crippen molar-refractivity contribution in [3.63, 3.8) is 0 Å². The molecule has 2 N–H and O–H groups in total. The summed E-state index contributed by atoms with van der Waals surface area (Å²) >= 11 is 0. The van der Waals surface area contributed by atoms with Crippen LogP contribution in [0.25, 0.3) is 11.2 Å². The third kappa shape index (κ3) is 4.43. The lowest BCUT2D eigenvalue weighted by Gasteiger charge is -2.37. The molecule has 35 heavy (non-hydrogen) atoms. The number of H-pyrrole nitrogens is 1. The van der Waals surface area contributed by atoms with E-state index >= 15 is 0 Å². The second-order valence-corrected chi connectivity index (χ2v) is 8.67. The molecule has 12 nitrogen and oxygen atoms in total. The molecule has 2 saturated heterocycles. The molecular weight excluding hydrogens is 458 g/mol. The molecule has 2 aliphatic rings. The van der Waals surface area contributed by atoms with Crippen molar-refractivity contribution in [3.8, 4) is 0 Å². The molecule has 0 radical (unpaired) electrons. The van der Waals surface area contributed by atoms with Gasteiger partial charge in [-0.05, 0) is 5.56 Å². The molecule has 12 heteroatoms. The van der Waals surface area contributed by atoms with Gasteiger partial charge in [-0.1, -0.05) is 30.3 Å². The molecule has 4 heterocycles. The maximum absolute atomic E-state index is 12.5. The van der Waals surface area contributed by atoms with Crippen molar-refractivity contribution in [3.05, 3.63) is 52.6 Å². The van der Waals surface area contributed by atoms with Crippen LogP contribution in [0.3, 0.4) is 0 Å². The minimum absolute atomic E-state index is 0.000438. The third-order valence-corrected chi connectivity index (χ3v) is 6.08. The normalized spacial score (nSPS) is 25.5. The van der Waals surface area contributed by atoms with Gasteiger partial charge in [0, 0.05) is 13.8 Å². The predicted octanol–water partition coefficient (Wildman–Crippen LogP) is 1.14. The van der Waals surface area contributed by atoms with Crippen LogP contribution in [0.4, 0.5) is 5.95 Å². The Labute approximate surface area is 199 Å². The van der Waals surface area contributed by atoms with Crippen molar-refractivity contribution in [2.75, 3.05) is 25.1 Å². The standard InChI is InChI=1S/C23H25N5O7/c1-13(29)25-22-26-19-17(20(31)27-22)24-12-28(19)21-16-9-32-10-23(35-21,11-34-14(2)30)18(16)33-8-15-6-4-3-5-7-15/h3-7,12,16,18,21H,8-11H2,1-2H3,(H2,25,26,27,29,31)/t16?,18-,21+,23-/m1/s1. The number of fused-ring (bicyclic) bond motifs is 3. The quantitative estimate of drug-likeness (QED) is 0.472. The summed E-state index contributed by atoms with van der Waals surface area (Å²) in [6.07, 6.45) is 0.317. The number of nitrogens with one attached hydrogen (secondary N) is 2. The van der Waals surface area contributed by atoms with Crippen LogP contribution in [0.2, 0.25) is 0 Å². The lowest BCUT2D eigenvalue weighted by atomic mass is 9.88. The van der Waals surface area contributed by atoms with Gasteiger partial charge in [0.25, 0.3) is 5.56 Å². The largest absolute Gasteiger partial charge is 0.463 e. The molecule has 0 saturated carbocycles. The van der Waals surface area contributed by atoms with Gasteiger partial charge in [0.05, 0.1) is 32.1 Å². The molecule has 5 rings (SSSR count). The van der Waals surface area contributed by atoms with Crippen LogP contribution in [-0.4, -0.2) is 62.9 Å². The molecule has 2 aromatic heterocycles. The maximum atomic E-state index is 12.5. The number of rotatable bonds is 7. The summed E-state index contributed by atoms with van der Waals surface area (Å²) in [4.78, 5) is 46.7. The van der Waals surface area contributed by atoms with Gasteiger partial charge in [0.2, 0.25) is 11.9 Å². The Kier molecular flexibility index (Phi) is 6.09. The first-order chi connectivity index (χ1) is 16.9. The monoisotopic (exact) mass is 483 g/mol. The van der Waals surface area contributed by atoms with Gasteiger partial charge in [-0.2, -0.15) is 4.98 Å². The number of carbonyl (C=O) groups excluding carboxylic acids is 2. The van der Waals surface area contributed by atoms with E-state index in [4.69, 9.17) is 18.9 Å². The minimum atomic E-state index is -1.06. The zero-order valence-electron chi connectivity index (χ0n) is 19.2. The van der Waals surface area contributed by atoms with Crippen molar-refractivity contribution >= 4 is 29.0 Å². The van der Waals surface area contributed by atoms with Crippen molar-refractivity contribution in [1.82, 2.24) is 19.5 Å². The van der Waals surface area contributed by atoms with E-state index < -0.39 is 29.5 Å². The smallest absolute Gasteiger partial charge is 0.302 e. The van der Waals surface area contributed by atoms with Crippen LogP contribution in [0, 0.1) is 5.92 Å². The van der Waals surface area contributed by atoms with Gasteiger partial charge in [-0.15, -0.1) is 0 Å². The summed E-state index contributed by atoms with van der Waals surface area (Å²) in [5, 5.41) is 2.48. The zero-order chi connectivity index (χ0) is 24.6. The van der Waals surface area contributed by atoms with Crippen molar-refractivity contribution in [2.24, 2.45) is 5.92 Å². The number of benzene rings is 1. The van der Waals surface area contributed by atoms with E-state index in [1.54, 1.807) is 4.57 Å². The molecule has 2 bridgehead atoms. The third-order valence-electron chi connectivity index (χ3n) is 6.08. The first kappa shape index (κ1) is 23.1. The summed E-state index contributed by atoms with van der Waals surface area (Å²) in [7, 11) is 0. The van der Waals surface area contributed by atoms with E-state index in [0.717, 1.165) is 5.56 Å². The Bertz CT molecular complexity index is 1310. The number of esters is 1. The lowest BCUT2D eigenvalue weighted by Crippen LogP contribution is -2.54. The average Bonchev–Trinajstić information content (AvgIpc) is 3.31. The summed E-state index contributed by atoms with van der Waals surface area (Å²) in [5.41, 5.74) is -0.243. The topological polar surface area (TPSA) is 147 Å². The second kappa shape index (κ2) is 9.21. The Hall–Kier alpha value is -3.61. The lowest BCUT2D eigenvalue weighted by molar-refractivity contribution is -0.193. The molecule has 0 aliphatic carbocycles. The number of hydrogen-bond acceptors (Lipinski definition) is 9. The molecule has 1 aromatic carbocycles. The Morgan fingerprint density at radius 3 is 2.83 bits per heavy atom. The van der Waals surface area contributed by atoms with E-state index in [9.17, 15) is 14.4 Å². The van der Waals surface area contributed by atoms with Gasteiger partial charge in [-0.3, -0.25) is 29.3 Å². The number of amides is 1. The van der Waals surface area contributed by atoms with Gasteiger partial charge < -0.3 is 18.9 Å². The number of anilines is 1. The highest BCUT2D eigenvalue weighted by molar-refractivity contribution is 5.87. The predicted molar refractivity (Wildman–Crippen MR) is 121 cm³/mol. The number of hydrogen-bond donors (Lipinski definition) is 2. The highest BCUT2D eigenvalue weighted by Crippen LogP contribution is 2.47. The Morgan fingerprint density at radius 2 is 2.09 bits per heavy atom. The van der Waals surface area contributed by atoms with E-state index in [1.807, 2.05) is 30.3 Å². The van der Waals surface area contributed by atoms with E-state index in [-0.39, 0.29) is 42.2 Å². The van der Waals surface area contributed by atoms with Crippen LogP contribution in [0.1, 0.15) is 25.6 Å². The fourth-order valence-corrected chi connectivity index (χ4v) is 4.61. The van der Waals surface area contributed by atoms with Crippen LogP contribution < -0.4 is 10.9 Å². The maximum Gasteiger partial charge on any atom is 0.302 e. The molecule has 1 amide bonds. The van der Waals surface area contributed by atoms with Crippen LogP contribution >= 0.6 is 0 Å². The molecule has 2 aliphatic heterocycles. The first-order valence-corrected chi connectivity index (χ1v) is 11.2. The Morgan fingerprint density at radius 1 is 1.29 bits per heavy atom. The van der Waals surface area contributed by atoms with E-state index in [1.165, 1.54) is 20.2 Å². The summed E-state index contributed by atoms with van der Waals surface area (Å²) in [6, 6.07) is 9.71. The van der Waals surface area contributed by atoms with Crippen molar-refractivity contribution < 1.29 is 28.5 Å². The summed E-state index contributed by atoms with van der Waals surface area (Å²) < 4.78 is 25.7. The first-order valence-electron chi connectivity index (χ1n) is 11.2. The average molecular weight is 483 g/mol. The van der Waals surface area contributed by atoms with E-state index in [0.29, 0.717) is 13.2 Å². The van der Waals surface area contributed by atoms with E-state index in [2.05, 4.69) is 20.3 Å². The zero-order valence-corrected chi connectivity index (χ0v) is 19.2. The fraction of sp³-hybridized carbons (Fsp3) is 0.435. The number of aromatic nitrogens is 4. The Balaban J connectivity index is 1.51. The van der Waals surface area contributed by atoms with Crippen LogP contribution in [0.15, 0.2) is 41.5 Å².